The van der Waals surface area contributed by atoms with E-state index in [9.17, 15) is 25.2 Å². The summed E-state index contributed by atoms with van der Waals surface area (Å²) in [4.78, 5) is 11.1. The fourth-order valence-corrected chi connectivity index (χ4v) is 2.68. The van der Waals surface area contributed by atoms with Crippen LogP contribution in [-0.4, -0.2) is 32.5 Å². The highest BCUT2D eigenvalue weighted by Gasteiger charge is 2.32. The molecule has 7 heteroatoms. The van der Waals surface area contributed by atoms with E-state index in [0.717, 1.165) is 0 Å². The normalized spacial score (nSPS) is 19.2. The Hall–Kier alpha value is -2.93. The van der Waals surface area contributed by atoms with Crippen molar-refractivity contribution in [2.75, 3.05) is 0 Å². The molecule has 3 rings (SSSR count). The fraction of sp³-hybridized carbons (Fsp3) is 0.235. The van der Waals surface area contributed by atoms with Gasteiger partial charge in [0.05, 0.1) is 6.10 Å². The van der Waals surface area contributed by atoms with Crippen LogP contribution in [-0.2, 0) is 11.2 Å². The Morgan fingerprint density at radius 2 is 1.88 bits per heavy atom. The van der Waals surface area contributed by atoms with Crippen LogP contribution in [0.25, 0.3) is 0 Å². The van der Waals surface area contributed by atoms with Gasteiger partial charge in [-0.25, -0.2) is 0 Å². The molecule has 7 nitrogen and oxygen atoms in total. The number of rotatable bonds is 2. The number of aliphatic hydroxyl groups excluding tert-OH is 1. The first kappa shape index (κ1) is 15.9. The highest BCUT2D eigenvalue weighted by Crippen LogP contribution is 2.43. The highest BCUT2D eigenvalue weighted by molar-refractivity contribution is 5.70. The Labute approximate surface area is 137 Å². The first-order valence-electron chi connectivity index (χ1n) is 7.26. The van der Waals surface area contributed by atoms with Crippen molar-refractivity contribution in [3.63, 3.8) is 0 Å². The zero-order chi connectivity index (χ0) is 17.4. The van der Waals surface area contributed by atoms with Crippen LogP contribution in [0.2, 0.25) is 0 Å². The van der Waals surface area contributed by atoms with Crippen molar-refractivity contribution >= 4 is 5.97 Å². The molecule has 1 heterocycles. The van der Waals surface area contributed by atoms with E-state index >= 15 is 0 Å². The molecule has 24 heavy (non-hydrogen) atoms. The molecule has 1 aliphatic rings. The number of esters is 1. The van der Waals surface area contributed by atoms with Crippen LogP contribution in [0.15, 0.2) is 30.3 Å². The molecule has 2 unspecified atom stereocenters. The minimum absolute atomic E-state index is 0.119. The van der Waals surface area contributed by atoms with Crippen molar-refractivity contribution in [1.82, 2.24) is 0 Å². The molecule has 0 saturated carbocycles. The monoisotopic (exact) mass is 332 g/mol. The number of benzene rings is 2. The van der Waals surface area contributed by atoms with Crippen molar-refractivity contribution in [2.45, 2.75) is 25.6 Å². The molecule has 0 saturated heterocycles. The molecule has 1 aliphatic heterocycles. The number of phenolic OH excluding ortho intramolecular Hbond substituents is 3. The minimum Gasteiger partial charge on any atom is -0.507 e. The number of carbonyl (C=O) groups is 1. The van der Waals surface area contributed by atoms with Crippen LogP contribution in [0.5, 0.6) is 28.7 Å². The third-order valence-electron chi connectivity index (χ3n) is 3.77. The van der Waals surface area contributed by atoms with Gasteiger partial charge in [-0.2, -0.15) is 0 Å². The summed E-state index contributed by atoms with van der Waals surface area (Å²) in [5.74, 6) is -0.888. The van der Waals surface area contributed by atoms with Crippen molar-refractivity contribution in [3.8, 4) is 28.7 Å². The number of carbonyl (C=O) groups excluding carboxylic acids is 1. The summed E-state index contributed by atoms with van der Waals surface area (Å²) in [6, 6.07) is 6.84. The van der Waals surface area contributed by atoms with Gasteiger partial charge in [0.15, 0.2) is 11.5 Å². The molecule has 4 N–H and O–H groups in total. The van der Waals surface area contributed by atoms with Crippen molar-refractivity contribution in [1.29, 1.82) is 0 Å². The molecule has 0 aliphatic carbocycles. The maximum atomic E-state index is 11.1. The molecule has 126 valence electrons. The molecular formula is C17H16O7. The number of aromatic hydroxyl groups is 3. The van der Waals surface area contributed by atoms with E-state index in [4.69, 9.17) is 9.47 Å². The van der Waals surface area contributed by atoms with Gasteiger partial charge in [0.1, 0.15) is 23.4 Å². The number of fused-ring (bicyclic) bond motifs is 1. The van der Waals surface area contributed by atoms with Gasteiger partial charge in [0, 0.05) is 31.0 Å². The average molecular weight is 332 g/mol. The summed E-state index contributed by atoms with van der Waals surface area (Å²) in [5.41, 5.74) is 0.860. The summed E-state index contributed by atoms with van der Waals surface area (Å²) >= 11 is 0. The molecule has 0 amide bonds. The molecule has 0 bridgehead atoms. The summed E-state index contributed by atoms with van der Waals surface area (Å²) in [7, 11) is 0. The van der Waals surface area contributed by atoms with Crippen LogP contribution in [0.1, 0.15) is 24.2 Å². The molecule has 0 fully saturated rings. The maximum absolute atomic E-state index is 11.1. The summed E-state index contributed by atoms with van der Waals surface area (Å²) in [5, 5.41) is 39.4. The standard InChI is InChI=1S/C17H16O7/c1-8(18)23-10-5-13(20)11-7-15(22)17(24-16(11)6-10)9-2-3-12(19)14(21)4-9/h2-6,15,17,19-22H,7H2,1H3. The topological polar surface area (TPSA) is 116 Å². The van der Waals surface area contributed by atoms with Gasteiger partial charge in [0.2, 0.25) is 0 Å². The van der Waals surface area contributed by atoms with Gasteiger partial charge >= 0.3 is 5.97 Å². The second-order valence-electron chi connectivity index (χ2n) is 5.57. The lowest BCUT2D eigenvalue weighted by Crippen LogP contribution is -2.30. The lowest BCUT2D eigenvalue weighted by Gasteiger charge is -2.31. The number of aliphatic hydroxyl groups is 1. The smallest absolute Gasteiger partial charge is 0.308 e. The van der Waals surface area contributed by atoms with Crippen LogP contribution in [0.3, 0.4) is 0 Å². The lowest BCUT2D eigenvalue weighted by molar-refractivity contribution is -0.131. The third-order valence-corrected chi connectivity index (χ3v) is 3.77. The van der Waals surface area contributed by atoms with E-state index in [-0.39, 0.29) is 35.2 Å². The van der Waals surface area contributed by atoms with Gasteiger partial charge in [-0.3, -0.25) is 4.79 Å². The number of hydrogen-bond acceptors (Lipinski definition) is 7. The second-order valence-corrected chi connectivity index (χ2v) is 5.57. The zero-order valence-electron chi connectivity index (χ0n) is 12.8. The van der Waals surface area contributed by atoms with E-state index in [1.807, 2.05) is 0 Å². The van der Waals surface area contributed by atoms with Crippen molar-refractivity contribution in [2.24, 2.45) is 0 Å². The Morgan fingerprint density at radius 1 is 1.12 bits per heavy atom. The Balaban J connectivity index is 1.97. The van der Waals surface area contributed by atoms with Gasteiger partial charge in [-0.05, 0) is 17.7 Å². The first-order valence-corrected chi connectivity index (χ1v) is 7.26. The Bertz CT molecular complexity index is 800. The Kier molecular flexibility index (Phi) is 3.94. The number of hydrogen-bond donors (Lipinski definition) is 4. The number of ether oxygens (including phenoxy) is 2. The van der Waals surface area contributed by atoms with Gasteiger partial charge in [-0.1, -0.05) is 6.07 Å². The SMILES string of the molecule is CC(=O)Oc1cc(O)c2c(c1)OC(c1ccc(O)c(O)c1)C(O)C2. The van der Waals surface area contributed by atoms with Crippen molar-refractivity contribution < 1.29 is 34.7 Å². The quantitative estimate of drug-likeness (QED) is 0.376. The predicted octanol–water partition coefficient (Wildman–Crippen LogP) is 1.77. The Morgan fingerprint density at radius 3 is 2.54 bits per heavy atom. The lowest BCUT2D eigenvalue weighted by atomic mass is 9.94. The van der Waals surface area contributed by atoms with Gasteiger partial charge in [-0.15, -0.1) is 0 Å². The maximum Gasteiger partial charge on any atom is 0.308 e. The molecule has 2 aromatic carbocycles. The first-order chi connectivity index (χ1) is 11.3. The van der Waals surface area contributed by atoms with E-state index in [2.05, 4.69) is 0 Å². The van der Waals surface area contributed by atoms with Crippen molar-refractivity contribution in [3.05, 3.63) is 41.5 Å². The van der Waals surface area contributed by atoms with Crippen LogP contribution in [0.4, 0.5) is 0 Å². The summed E-state index contributed by atoms with van der Waals surface area (Å²) in [6.07, 6.45) is -1.66. The highest BCUT2D eigenvalue weighted by atomic mass is 16.5. The van der Waals surface area contributed by atoms with Gasteiger partial charge in [0.25, 0.3) is 0 Å². The third kappa shape index (κ3) is 2.93. The average Bonchev–Trinajstić information content (AvgIpc) is 2.50. The van der Waals surface area contributed by atoms with E-state index in [1.54, 1.807) is 0 Å². The molecule has 0 radical (unpaired) electrons. The van der Waals surface area contributed by atoms with Crippen LogP contribution < -0.4 is 9.47 Å². The molecule has 2 aromatic rings. The molecule has 2 atom stereocenters. The molecule has 0 aromatic heterocycles. The number of phenols is 3. The fourth-order valence-electron chi connectivity index (χ4n) is 2.68. The van der Waals surface area contributed by atoms with Crippen LogP contribution >= 0.6 is 0 Å². The minimum atomic E-state index is -0.966. The molecule has 0 spiro atoms. The van der Waals surface area contributed by atoms with Gasteiger partial charge < -0.3 is 29.9 Å². The summed E-state index contributed by atoms with van der Waals surface area (Å²) in [6.45, 7) is 1.24. The zero-order valence-corrected chi connectivity index (χ0v) is 12.8. The van der Waals surface area contributed by atoms with E-state index in [0.29, 0.717) is 11.1 Å². The predicted molar refractivity (Wildman–Crippen MR) is 82.3 cm³/mol. The van der Waals surface area contributed by atoms with E-state index < -0.39 is 18.2 Å². The summed E-state index contributed by atoms with van der Waals surface area (Å²) < 4.78 is 10.7. The second kappa shape index (κ2) is 5.93. The van der Waals surface area contributed by atoms with E-state index in [1.165, 1.54) is 37.3 Å². The molecular weight excluding hydrogens is 316 g/mol. The van der Waals surface area contributed by atoms with Crippen LogP contribution in [0, 0.1) is 0 Å². The largest absolute Gasteiger partial charge is 0.507 e.